The molecule has 0 spiro atoms. The molecule has 4 N–H and O–H groups in total. The van der Waals surface area contributed by atoms with Gasteiger partial charge in [0.15, 0.2) is 5.82 Å². The topological polar surface area (TPSA) is 121 Å². The standard InChI is InChI=1S/C20H29N7O2/c1-11(2)23-18-17-14(9-16(21-4)25-18)10-22-20(26-17)27-19(29)13-6-5-7-15(8-13)24-12(3)28/h9-11,13,15H,5-8H2,1-4H3,(H,24,28)(H2,21,23,25)(H,22,26,27,29)/t13-,15+/m0/s1. The second-order valence-electron chi connectivity index (χ2n) is 7.79. The van der Waals surface area contributed by atoms with E-state index in [0.717, 1.165) is 24.6 Å². The lowest BCUT2D eigenvalue weighted by molar-refractivity contribution is -0.123. The summed E-state index contributed by atoms with van der Waals surface area (Å²) < 4.78 is 0. The summed E-state index contributed by atoms with van der Waals surface area (Å²) in [5.41, 5.74) is 0.655. The second-order valence-corrected chi connectivity index (χ2v) is 7.79. The predicted octanol–water partition coefficient (Wildman–Crippen LogP) is 2.52. The zero-order valence-electron chi connectivity index (χ0n) is 17.4. The van der Waals surface area contributed by atoms with Crippen LogP contribution in [0.3, 0.4) is 0 Å². The summed E-state index contributed by atoms with van der Waals surface area (Å²) >= 11 is 0. The second kappa shape index (κ2) is 9.02. The molecule has 29 heavy (non-hydrogen) atoms. The van der Waals surface area contributed by atoms with Crippen LogP contribution in [0.2, 0.25) is 0 Å². The lowest BCUT2D eigenvalue weighted by atomic mass is 9.85. The van der Waals surface area contributed by atoms with Crippen molar-refractivity contribution in [3.05, 3.63) is 12.3 Å². The van der Waals surface area contributed by atoms with Crippen molar-refractivity contribution in [2.24, 2.45) is 5.92 Å². The molecule has 1 aliphatic carbocycles. The zero-order valence-corrected chi connectivity index (χ0v) is 17.4. The number of fused-ring (bicyclic) bond motifs is 1. The van der Waals surface area contributed by atoms with Crippen molar-refractivity contribution in [1.29, 1.82) is 0 Å². The first-order valence-corrected chi connectivity index (χ1v) is 10.1. The summed E-state index contributed by atoms with van der Waals surface area (Å²) in [6.07, 6.45) is 4.92. The summed E-state index contributed by atoms with van der Waals surface area (Å²) in [5, 5.41) is 12.9. The van der Waals surface area contributed by atoms with Crippen molar-refractivity contribution >= 4 is 40.3 Å². The largest absolute Gasteiger partial charge is 0.373 e. The fourth-order valence-corrected chi connectivity index (χ4v) is 3.66. The van der Waals surface area contributed by atoms with Gasteiger partial charge in [0.05, 0.1) is 0 Å². The molecule has 0 bridgehead atoms. The van der Waals surface area contributed by atoms with E-state index in [2.05, 4.69) is 36.2 Å². The van der Waals surface area contributed by atoms with E-state index in [-0.39, 0.29) is 35.8 Å². The first kappa shape index (κ1) is 20.8. The van der Waals surface area contributed by atoms with Gasteiger partial charge in [-0.2, -0.15) is 0 Å². The van der Waals surface area contributed by atoms with Gasteiger partial charge in [-0.15, -0.1) is 0 Å². The van der Waals surface area contributed by atoms with Gasteiger partial charge in [-0.3, -0.25) is 14.9 Å². The van der Waals surface area contributed by atoms with Gasteiger partial charge in [0, 0.05) is 43.6 Å². The number of anilines is 3. The highest BCUT2D eigenvalue weighted by molar-refractivity contribution is 5.94. The molecule has 156 valence electrons. The van der Waals surface area contributed by atoms with Gasteiger partial charge < -0.3 is 16.0 Å². The summed E-state index contributed by atoms with van der Waals surface area (Å²) in [6, 6.07) is 2.09. The molecule has 1 aliphatic rings. The van der Waals surface area contributed by atoms with Gasteiger partial charge in [0.1, 0.15) is 11.3 Å². The molecule has 9 nitrogen and oxygen atoms in total. The molecule has 2 amide bonds. The number of nitrogens with one attached hydrogen (secondary N) is 4. The molecule has 0 radical (unpaired) electrons. The number of hydrogen-bond acceptors (Lipinski definition) is 7. The molecule has 0 aromatic carbocycles. The van der Waals surface area contributed by atoms with E-state index in [1.54, 1.807) is 13.2 Å². The number of amides is 2. The maximum atomic E-state index is 12.8. The summed E-state index contributed by atoms with van der Waals surface area (Å²) in [6.45, 7) is 5.55. The lowest BCUT2D eigenvalue weighted by Gasteiger charge is -2.28. The summed E-state index contributed by atoms with van der Waals surface area (Å²) in [7, 11) is 1.81. The smallest absolute Gasteiger partial charge is 0.230 e. The number of nitrogens with zero attached hydrogens (tertiary/aromatic N) is 3. The van der Waals surface area contributed by atoms with Crippen LogP contribution >= 0.6 is 0 Å². The van der Waals surface area contributed by atoms with Crippen LogP contribution in [0.25, 0.3) is 10.9 Å². The van der Waals surface area contributed by atoms with Gasteiger partial charge in [0.2, 0.25) is 17.8 Å². The van der Waals surface area contributed by atoms with E-state index >= 15 is 0 Å². The number of carbonyl (C=O) groups is 2. The Labute approximate surface area is 170 Å². The third kappa shape index (κ3) is 5.30. The van der Waals surface area contributed by atoms with E-state index in [1.807, 2.05) is 19.9 Å². The number of carbonyl (C=O) groups excluding carboxylic acids is 2. The van der Waals surface area contributed by atoms with Crippen molar-refractivity contribution in [3.63, 3.8) is 0 Å². The highest BCUT2D eigenvalue weighted by Gasteiger charge is 2.28. The van der Waals surface area contributed by atoms with E-state index in [0.29, 0.717) is 23.6 Å². The highest BCUT2D eigenvalue weighted by atomic mass is 16.2. The Morgan fingerprint density at radius 2 is 2.00 bits per heavy atom. The summed E-state index contributed by atoms with van der Waals surface area (Å²) in [4.78, 5) is 37.5. The van der Waals surface area contributed by atoms with Crippen LogP contribution in [0.4, 0.5) is 17.6 Å². The first-order valence-electron chi connectivity index (χ1n) is 10.1. The Morgan fingerprint density at radius 1 is 1.21 bits per heavy atom. The minimum Gasteiger partial charge on any atom is -0.373 e. The quantitative estimate of drug-likeness (QED) is 0.589. The molecule has 1 fully saturated rings. The van der Waals surface area contributed by atoms with Crippen molar-refractivity contribution in [1.82, 2.24) is 20.3 Å². The van der Waals surface area contributed by atoms with Crippen LogP contribution < -0.4 is 21.3 Å². The van der Waals surface area contributed by atoms with Crippen molar-refractivity contribution < 1.29 is 9.59 Å². The van der Waals surface area contributed by atoms with Crippen LogP contribution in [0.15, 0.2) is 12.3 Å². The normalized spacial score (nSPS) is 19.1. The van der Waals surface area contributed by atoms with Crippen LogP contribution in [-0.4, -0.2) is 45.9 Å². The average Bonchev–Trinajstić information content (AvgIpc) is 2.67. The third-order valence-electron chi connectivity index (χ3n) is 4.93. The SMILES string of the molecule is CNc1cc2cnc(NC(=O)[C@H]3CCC[C@@H](NC(C)=O)C3)nc2c(NC(C)C)n1. The molecule has 3 rings (SSSR count). The Balaban J connectivity index is 1.79. The molecule has 2 atom stereocenters. The zero-order chi connectivity index (χ0) is 21.0. The van der Waals surface area contributed by atoms with Crippen LogP contribution in [0.5, 0.6) is 0 Å². The maximum absolute atomic E-state index is 12.8. The number of aromatic nitrogens is 3. The van der Waals surface area contributed by atoms with E-state index in [1.165, 1.54) is 6.92 Å². The molecule has 0 aliphatic heterocycles. The number of pyridine rings is 1. The van der Waals surface area contributed by atoms with Gasteiger partial charge >= 0.3 is 0 Å². The number of hydrogen-bond donors (Lipinski definition) is 4. The van der Waals surface area contributed by atoms with E-state index in [9.17, 15) is 9.59 Å². The molecular weight excluding hydrogens is 370 g/mol. The number of rotatable bonds is 6. The Hall–Kier alpha value is -2.97. The van der Waals surface area contributed by atoms with Gasteiger partial charge in [-0.25, -0.2) is 15.0 Å². The molecule has 1 saturated carbocycles. The minimum atomic E-state index is -0.169. The Kier molecular flexibility index (Phi) is 6.46. The highest BCUT2D eigenvalue weighted by Crippen LogP contribution is 2.27. The lowest BCUT2D eigenvalue weighted by Crippen LogP contribution is -2.40. The van der Waals surface area contributed by atoms with E-state index in [4.69, 9.17) is 0 Å². The van der Waals surface area contributed by atoms with Crippen LogP contribution in [-0.2, 0) is 9.59 Å². The van der Waals surface area contributed by atoms with Gasteiger partial charge in [-0.1, -0.05) is 6.42 Å². The molecule has 2 aromatic heterocycles. The van der Waals surface area contributed by atoms with Crippen LogP contribution in [0, 0.1) is 5.92 Å². The first-order chi connectivity index (χ1) is 13.9. The summed E-state index contributed by atoms with van der Waals surface area (Å²) in [5.74, 6) is 1.27. The predicted molar refractivity (Wildman–Crippen MR) is 114 cm³/mol. The van der Waals surface area contributed by atoms with Crippen molar-refractivity contribution in [2.75, 3.05) is 23.0 Å². The molecule has 0 unspecified atom stereocenters. The Morgan fingerprint density at radius 3 is 2.69 bits per heavy atom. The fourth-order valence-electron chi connectivity index (χ4n) is 3.66. The maximum Gasteiger partial charge on any atom is 0.230 e. The Bertz CT molecular complexity index is 900. The van der Waals surface area contributed by atoms with Gasteiger partial charge in [0.25, 0.3) is 0 Å². The molecule has 2 heterocycles. The average molecular weight is 399 g/mol. The minimum absolute atomic E-state index is 0.0422. The molecular formula is C20H29N7O2. The van der Waals surface area contributed by atoms with Crippen LogP contribution in [0.1, 0.15) is 46.5 Å². The monoisotopic (exact) mass is 399 g/mol. The van der Waals surface area contributed by atoms with Crippen molar-refractivity contribution in [3.8, 4) is 0 Å². The third-order valence-corrected chi connectivity index (χ3v) is 4.93. The van der Waals surface area contributed by atoms with E-state index < -0.39 is 0 Å². The molecule has 0 saturated heterocycles. The fraction of sp³-hybridized carbons (Fsp3) is 0.550. The van der Waals surface area contributed by atoms with Crippen molar-refractivity contribution in [2.45, 2.75) is 58.5 Å². The molecule has 2 aromatic rings. The molecule has 9 heteroatoms. The van der Waals surface area contributed by atoms with Gasteiger partial charge in [-0.05, 0) is 39.2 Å².